The van der Waals surface area contributed by atoms with E-state index in [-0.39, 0.29) is 16.3 Å². The van der Waals surface area contributed by atoms with Crippen molar-refractivity contribution >= 4 is 40.6 Å². The summed E-state index contributed by atoms with van der Waals surface area (Å²) < 4.78 is 13.2. The number of carbonyl (C=O) groups is 1. The van der Waals surface area contributed by atoms with Crippen molar-refractivity contribution in [1.82, 2.24) is 9.97 Å². The number of hydrogen-bond donors (Lipinski definition) is 1. The minimum atomic E-state index is -0.924. The third-order valence-corrected chi connectivity index (χ3v) is 2.67. The standard InChI is InChI=1S/C11H5Cl2FN4O3/c12-8-4-9(17-11(13)15-8)16-10(19)6-3-5(14)1-2-7(6)18(20)21/h1-4H,(H,15,16,17,19). The maximum Gasteiger partial charge on any atom is 0.282 e. The van der Waals surface area contributed by atoms with E-state index in [1.165, 1.54) is 6.07 Å². The number of anilines is 1. The average molecular weight is 331 g/mol. The molecule has 0 aliphatic carbocycles. The van der Waals surface area contributed by atoms with E-state index in [0.29, 0.717) is 0 Å². The molecule has 0 aliphatic rings. The highest BCUT2D eigenvalue weighted by Gasteiger charge is 2.21. The highest BCUT2D eigenvalue weighted by molar-refractivity contribution is 6.32. The number of benzene rings is 1. The Labute approximate surface area is 126 Å². The fourth-order valence-electron chi connectivity index (χ4n) is 1.49. The SMILES string of the molecule is O=C(Nc1cc(Cl)nc(Cl)n1)c1cc(F)ccc1[N+](=O)[O-]. The summed E-state index contributed by atoms with van der Waals surface area (Å²) in [6, 6.07) is 3.71. The second kappa shape index (κ2) is 5.98. The number of nitrogens with one attached hydrogen (secondary N) is 1. The zero-order chi connectivity index (χ0) is 15.6. The maximum absolute atomic E-state index is 13.2. The molecule has 2 aromatic rings. The summed E-state index contributed by atoms with van der Waals surface area (Å²) in [5.74, 6) is -1.78. The molecule has 1 aromatic carbocycles. The van der Waals surface area contributed by atoms with E-state index < -0.39 is 27.9 Å². The number of nitro benzene ring substituents is 1. The van der Waals surface area contributed by atoms with Crippen molar-refractivity contribution in [2.75, 3.05) is 5.32 Å². The van der Waals surface area contributed by atoms with Crippen molar-refractivity contribution in [3.63, 3.8) is 0 Å². The molecule has 0 radical (unpaired) electrons. The second-order valence-electron chi connectivity index (χ2n) is 3.72. The lowest BCUT2D eigenvalue weighted by atomic mass is 10.1. The van der Waals surface area contributed by atoms with Crippen LogP contribution in [0.5, 0.6) is 0 Å². The molecule has 0 bridgehead atoms. The third-order valence-electron chi connectivity index (χ3n) is 2.31. The van der Waals surface area contributed by atoms with Crippen molar-refractivity contribution in [3.05, 3.63) is 56.2 Å². The highest BCUT2D eigenvalue weighted by Crippen LogP contribution is 2.21. The summed E-state index contributed by atoms with van der Waals surface area (Å²) in [6.45, 7) is 0. The van der Waals surface area contributed by atoms with Crippen molar-refractivity contribution < 1.29 is 14.1 Å². The third kappa shape index (κ3) is 3.61. The van der Waals surface area contributed by atoms with Gasteiger partial charge in [0.25, 0.3) is 11.6 Å². The van der Waals surface area contributed by atoms with Crippen LogP contribution in [0.4, 0.5) is 15.9 Å². The van der Waals surface area contributed by atoms with Crippen LogP contribution >= 0.6 is 23.2 Å². The van der Waals surface area contributed by atoms with Gasteiger partial charge in [0.15, 0.2) is 0 Å². The first-order valence-electron chi connectivity index (χ1n) is 5.32. The molecule has 21 heavy (non-hydrogen) atoms. The Hall–Kier alpha value is -2.32. The first-order valence-corrected chi connectivity index (χ1v) is 6.08. The predicted octanol–water partition coefficient (Wildman–Crippen LogP) is 3.08. The van der Waals surface area contributed by atoms with E-state index in [1.54, 1.807) is 0 Å². The van der Waals surface area contributed by atoms with Crippen LogP contribution < -0.4 is 5.32 Å². The minimum Gasteiger partial charge on any atom is -0.306 e. The molecule has 1 amide bonds. The van der Waals surface area contributed by atoms with Gasteiger partial charge in [-0.15, -0.1) is 0 Å². The lowest BCUT2D eigenvalue weighted by molar-refractivity contribution is -0.385. The zero-order valence-corrected chi connectivity index (χ0v) is 11.5. The monoisotopic (exact) mass is 330 g/mol. The van der Waals surface area contributed by atoms with E-state index in [9.17, 15) is 19.3 Å². The molecule has 1 N–H and O–H groups in total. The van der Waals surface area contributed by atoms with Crippen molar-refractivity contribution in [2.24, 2.45) is 0 Å². The van der Waals surface area contributed by atoms with Crippen LogP contribution in [0.15, 0.2) is 24.3 Å². The molecule has 0 unspecified atom stereocenters. The fourth-order valence-corrected chi connectivity index (χ4v) is 1.90. The van der Waals surface area contributed by atoms with Gasteiger partial charge in [-0.3, -0.25) is 14.9 Å². The van der Waals surface area contributed by atoms with Gasteiger partial charge in [-0.2, -0.15) is 0 Å². The molecule has 0 atom stereocenters. The van der Waals surface area contributed by atoms with Gasteiger partial charge in [0.2, 0.25) is 5.28 Å². The van der Waals surface area contributed by atoms with Gasteiger partial charge in [-0.1, -0.05) is 11.6 Å². The Bertz CT molecular complexity index is 721. The van der Waals surface area contributed by atoms with Gasteiger partial charge in [-0.25, -0.2) is 14.4 Å². The fraction of sp³-hybridized carbons (Fsp3) is 0. The molecule has 0 spiro atoms. The molecule has 1 heterocycles. The molecule has 0 fully saturated rings. The highest BCUT2D eigenvalue weighted by atomic mass is 35.5. The first kappa shape index (κ1) is 15.1. The van der Waals surface area contributed by atoms with Crippen LogP contribution in [0.3, 0.4) is 0 Å². The van der Waals surface area contributed by atoms with E-state index in [4.69, 9.17) is 23.2 Å². The van der Waals surface area contributed by atoms with Crippen molar-refractivity contribution in [1.29, 1.82) is 0 Å². The summed E-state index contributed by atoms with van der Waals surface area (Å²) in [6.07, 6.45) is 0. The molecule has 0 saturated heterocycles. The average Bonchev–Trinajstić information content (AvgIpc) is 2.36. The molecule has 2 rings (SSSR count). The van der Waals surface area contributed by atoms with Crippen LogP contribution in [0.25, 0.3) is 0 Å². The van der Waals surface area contributed by atoms with Crippen LogP contribution in [0, 0.1) is 15.9 Å². The molecule has 1 aromatic heterocycles. The Morgan fingerprint density at radius 2 is 2.00 bits per heavy atom. The van der Waals surface area contributed by atoms with Crippen LogP contribution in [0.2, 0.25) is 10.4 Å². The van der Waals surface area contributed by atoms with E-state index in [0.717, 1.165) is 18.2 Å². The first-order chi connectivity index (χ1) is 9.86. The van der Waals surface area contributed by atoms with Gasteiger partial charge >= 0.3 is 0 Å². The Morgan fingerprint density at radius 1 is 1.29 bits per heavy atom. The number of halogens is 3. The number of aromatic nitrogens is 2. The molecule has 7 nitrogen and oxygen atoms in total. The Kier molecular flexibility index (Phi) is 4.29. The molecular weight excluding hydrogens is 326 g/mol. The molecule has 108 valence electrons. The van der Waals surface area contributed by atoms with Gasteiger partial charge in [-0.05, 0) is 23.7 Å². The number of amides is 1. The van der Waals surface area contributed by atoms with Crippen LogP contribution in [0.1, 0.15) is 10.4 Å². The lowest BCUT2D eigenvalue weighted by Gasteiger charge is -2.05. The summed E-state index contributed by atoms with van der Waals surface area (Å²) >= 11 is 11.2. The Morgan fingerprint density at radius 3 is 2.62 bits per heavy atom. The molecule has 10 heteroatoms. The lowest BCUT2D eigenvalue weighted by Crippen LogP contribution is -2.15. The molecule has 0 aliphatic heterocycles. The van der Waals surface area contributed by atoms with Crippen molar-refractivity contribution in [3.8, 4) is 0 Å². The van der Waals surface area contributed by atoms with E-state index in [2.05, 4.69) is 15.3 Å². The quantitative estimate of drug-likeness (QED) is 0.403. The summed E-state index contributed by atoms with van der Waals surface area (Å²) in [4.78, 5) is 29.3. The predicted molar refractivity (Wildman–Crippen MR) is 73.1 cm³/mol. The van der Waals surface area contributed by atoms with Crippen molar-refractivity contribution in [2.45, 2.75) is 0 Å². The number of nitro groups is 1. The van der Waals surface area contributed by atoms with Crippen LogP contribution in [-0.2, 0) is 0 Å². The number of nitrogens with zero attached hydrogens (tertiary/aromatic N) is 3. The summed E-state index contributed by atoms with van der Waals surface area (Å²) in [7, 11) is 0. The number of hydrogen-bond acceptors (Lipinski definition) is 5. The number of carbonyl (C=O) groups excluding carboxylic acids is 1. The van der Waals surface area contributed by atoms with Gasteiger partial charge in [0.1, 0.15) is 22.4 Å². The van der Waals surface area contributed by atoms with Gasteiger partial charge in [0.05, 0.1) is 4.92 Å². The molecular formula is C11H5Cl2FN4O3. The van der Waals surface area contributed by atoms with E-state index >= 15 is 0 Å². The van der Waals surface area contributed by atoms with Crippen LogP contribution in [-0.4, -0.2) is 20.8 Å². The Balaban J connectivity index is 2.36. The van der Waals surface area contributed by atoms with Gasteiger partial charge in [0, 0.05) is 12.1 Å². The summed E-state index contributed by atoms with van der Waals surface area (Å²) in [5.41, 5.74) is -0.994. The largest absolute Gasteiger partial charge is 0.306 e. The van der Waals surface area contributed by atoms with Gasteiger partial charge < -0.3 is 5.32 Å². The maximum atomic E-state index is 13.2. The smallest absolute Gasteiger partial charge is 0.282 e. The second-order valence-corrected chi connectivity index (χ2v) is 4.44. The topological polar surface area (TPSA) is 98.0 Å². The normalized spacial score (nSPS) is 10.2. The molecule has 0 saturated carbocycles. The zero-order valence-electron chi connectivity index (χ0n) is 10.0. The summed E-state index contributed by atoms with van der Waals surface area (Å²) in [5, 5.41) is 12.8. The number of rotatable bonds is 3. The van der Waals surface area contributed by atoms with E-state index in [1.807, 2.05) is 0 Å². The minimum absolute atomic E-state index is 0.0287.